The first-order chi connectivity index (χ1) is 10.3. The van der Waals surface area contributed by atoms with Crippen molar-refractivity contribution in [3.05, 3.63) is 62.8 Å². The fourth-order valence-corrected chi connectivity index (χ4v) is 2.74. The average Bonchev–Trinajstić information content (AvgIpc) is 2.39. The molecule has 0 saturated heterocycles. The van der Waals surface area contributed by atoms with Crippen molar-refractivity contribution < 1.29 is 13.9 Å². The number of nitrogens with one attached hydrogen (secondary N) is 1. The molecule has 0 atom stereocenters. The molecule has 1 aliphatic heterocycles. The van der Waals surface area contributed by atoms with Crippen LogP contribution in [0.15, 0.2) is 51.4 Å². The van der Waals surface area contributed by atoms with Crippen LogP contribution in [0.25, 0.3) is 0 Å². The molecular weight excluding hydrogens is 417 g/mol. The first-order valence-corrected chi connectivity index (χ1v) is 8.07. The van der Waals surface area contributed by atoms with Crippen LogP contribution in [-0.2, 0) is 10.3 Å². The zero-order valence-corrected chi connectivity index (χ0v) is 15.2. The Hall–Kier alpha value is -1.40. The largest absolute Gasteiger partial charge is 0.438 e. The Kier molecular flexibility index (Phi) is 5.24. The van der Waals surface area contributed by atoms with Gasteiger partial charge in [0.15, 0.2) is 0 Å². The molecule has 3 nitrogen and oxygen atoms in total. The molecule has 3 rings (SSSR count). The van der Waals surface area contributed by atoms with Crippen LogP contribution in [0.2, 0.25) is 0 Å². The van der Waals surface area contributed by atoms with Crippen molar-refractivity contribution in [1.29, 1.82) is 0 Å². The minimum Gasteiger partial charge on any atom is -0.438 e. The number of carbonyl (C=O) groups excluding carboxylic acids is 1. The third kappa shape index (κ3) is 4.30. The molecule has 22 heavy (non-hydrogen) atoms. The summed E-state index contributed by atoms with van der Waals surface area (Å²) in [4.78, 5) is 11.2. The summed E-state index contributed by atoms with van der Waals surface area (Å²) < 4.78 is 19.1. The number of fused-ring (bicyclic) bond motifs is 1. The normalized spacial score (nSPS) is 14.9. The number of amides is 1. The van der Waals surface area contributed by atoms with Crippen molar-refractivity contribution in [3.63, 3.8) is 0 Å². The van der Waals surface area contributed by atoms with Crippen molar-refractivity contribution >= 4 is 43.6 Å². The highest BCUT2D eigenvalue weighted by Crippen LogP contribution is 2.36. The van der Waals surface area contributed by atoms with Crippen LogP contribution in [0, 0.1) is 5.82 Å². The number of halogens is 3. The molecule has 0 radical (unpaired) electrons. The first kappa shape index (κ1) is 17.0. The molecule has 0 aromatic heterocycles. The average molecular weight is 431 g/mol. The summed E-state index contributed by atoms with van der Waals surface area (Å²) >= 11 is 6.51. The third-order valence-corrected chi connectivity index (χ3v) is 3.99. The summed E-state index contributed by atoms with van der Waals surface area (Å²) in [6.07, 6.45) is -0.398. The number of hydrogen-bond acceptors (Lipinski definition) is 2. The molecule has 0 unspecified atom stereocenters. The summed E-state index contributed by atoms with van der Waals surface area (Å²) in [6, 6.07) is 12.0. The van der Waals surface area contributed by atoms with Gasteiger partial charge in [0.2, 0.25) is 0 Å². The van der Waals surface area contributed by atoms with Gasteiger partial charge in [0.1, 0.15) is 11.4 Å². The van der Waals surface area contributed by atoms with Crippen LogP contribution < -0.4 is 5.32 Å². The van der Waals surface area contributed by atoms with Gasteiger partial charge in [-0.05, 0) is 50.2 Å². The number of hydrogen-bond donors (Lipinski definition) is 1. The van der Waals surface area contributed by atoms with Crippen LogP contribution in [0.5, 0.6) is 0 Å². The van der Waals surface area contributed by atoms with Gasteiger partial charge in [-0.1, -0.05) is 37.9 Å². The molecule has 1 aliphatic rings. The molecular formula is C16H14Br2FNO2. The van der Waals surface area contributed by atoms with Crippen LogP contribution in [0.4, 0.5) is 14.9 Å². The van der Waals surface area contributed by atoms with Gasteiger partial charge in [-0.25, -0.2) is 9.18 Å². The van der Waals surface area contributed by atoms with Crippen molar-refractivity contribution in [2.75, 3.05) is 5.32 Å². The second-order valence-electron chi connectivity index (χ2n) is 5.15. The lowest BCUT2D eigenvalue weighted by atomic mass is 9.95. The molecule has 2 aromatic carbocycles. The Morgan fingerprint density at radius 2 is 1.77 bits per heavy atom. The van der Waals surface area contributed by atoms with E-state index < -0.39 is 11.7 Å². The summed E-state index contributed by atoms with van der Waals surface area (Å²) in [7, 11) is 0. The van der Waals surface area contributed by atoms with Gasteiger partial charge in [0.25, 0.3) is 0 Å². The predicted molar refractivity (Wildman–Crippen MR) is 91.4 cm³/mol. The maximum absolute atomic E-state index is 12.1. The number of benzene rings is 2. The zero-order valence-electron chi connectivity index (χ0n) is 12.0. The van der Waals surface area contributed by atoms with Crippen LogP contribution in [-0.4, -0.2) is 6.09 Å². The summed E-state index contributed by atoms with van der Waals surface area (Å²) in [5.41, 5.74) is 1.22. The van der Waals surface area contributed by atoms with Gasteiger partial charge >= 0.3 is 6.09 Å². The van der Waals surface area contributed by atoms with Crippen molar-refractivity contribution in [3.8, 4) is 0 Å². The number of ether oxygens (including phenoxy) is 1. The minimum atomic E-state index is -0.568. The number of anilines is 1. The molecule has 0 saturated carbocycles. The predicted octanol–water partition coefficient (Wildman–Crippen LogP) is 5.83. The molecule has 1 amide bonds. The van der Waals surface area contributed by atoms with Crippen molar-refractivity contribution in [2.24, 2.45) is 0 Å². The Bertz CT molecular complexity index is 687. The van der Waals surface area contributed by atoms with E-state index >= 15 is 0 Å². The number of rotatable bonds is 0. The Labute approximate surface area is 145 Å². The third-order valence-electron chi connectivity index (χ3n) is 3.00. The fourth-order valence-electron chi connectivity index (χ4n) is 2.01. The van der Waals surface area contributed by atoms with Gasteiger partial charge in [-0.3, -0.25) is 5.32 Å². The van der Waals surface area contributed by atoms with E-state index in [1.807, 2.05) is 32.0 Å². The highest BCUT2D eigenvalue weighted by molar-refractivity contribution is 9.10. The lowest BCUT2D eigenvalue weighted by Crippen LogP contribution is -2.34. The SMILES string of the molecule is CC1(C)OC(=O)Nc2ccc(Br)cc21.Fc1cccc(Br)c1. The fraction of sp³-hybridized carbons (Fsp3) is 0.188. The van der Waals surface area contributed by atoms with Gasteiger partial charge in [-0.2, -0.15) is 0 Å². The second kappa shape index (κ2) is 6.79. The molecule has 0 aliphatic carbocycles. The molecule has 0 fully saturated rings. The Morgan fingerprint density at radius 1 is 1.09 bits per heavy atom. The lowest BCUT2D eigenvalue weighted by Gasteiger charge is -2.32. The van der Waals surface area contributed by atoms with E-state index in [0.29, 0.717) is 0 Å². The highest BCUT2D eigenvalue weighted by Gasteiger charge is 2.33. The van der Waals surface area contributed by atoms with Crippen LogP contribution in [0.3, 0.4) is 0 Å². The molecule has 0 bridgehead atoms. The molecule has 0 spiro atoms. The van der Waals surface area contributed by atoms with Gasteiger partial charge in [0.05, 0.1) is 5.69 Å². The molecule has 1 heterocycles. The lowest BCUT2D eigenvalue weighted by molar-refractivity contribution is 0.0420. The monoisotopic (exact) mass is 429 g/mol. The Balaban J connectivity index is 0.000000188. The highest BCUT2D eigenvalue weighted by atomic mass is 79.9. The number of carbonyl (C=O) groups is 1. The van der Waals surface area contributed by atoms with Crippen LogP contribution >= 0.6 is 31.9 Å². The van der Waals surface area contributed by atoms with E-state index in [2.05, 4.69) is 37.2 Å². The van der Waals surface area contributed by atoms with Gasteiger partial charge < -0.3 is 4.74 Å². The second-order valence-corrected chi connectivity index (χ2v) is 6.99. The number of cyclic esters (lactones) is 1. The van der Waals surface area contributed by atoms with E-state index in [4.69, 9.17) is 4.74 Å². The first-order valence-electron chi connectivity index (χ1n) is 6.49. The smallest absolute Gasteiger partial charge is 0.412 e. The molecule has 6 heteroatoms. The quantitative estimate of drug-likeness (QED) is 0.570. The van der Waals surface area contributed by atoms with E-state index in [1.165, 1.54) is 12.1 Å². The van der Waals surface area contributed by atoms with Crippen molar-refractivity contribution in [1.82, 2.24) is 0 Å². The van der Waals surface area contributed by atoms with Gasteiger partial charge in [0, 0.05) is 14.5 Å². The van der Waals surface area contributed by atoms with Crippen LogP contribution in [0.1, 0.15) is 19.4 Å². The van der Waals surface area contributed by atoms with E-state index in [0.717, 1.165) is 20.2 Å². The zero-order chi connectivity index (χ0) is 16.3. The maximum Gasteiger partial charge on any atom is 0.412 e. The molecule has 2 aromatic rings. The Morgan fingerprint density at radius 3 is 2.36 bits per heavy atom. The summed E-state index contributed by atoms with van der Waals surface area (Å²) in [5, 5.41) is 2.66. The minimum absolute atomic E-state index is 0.209. The summed E-state index contributed by atoms with van der Waals surface area (Å²) in [6.45, 7) is 3.74. The summed E-state index contributed by atoms with van der Waals surface area (Å²) in [5.74, 6) is -0.209. The standard InChI is InChI=1S/C10H10BrNO2.C6H4BrF/c1-10(2)7-5-6(11)3-4-8(7)12-9(13)14-10;7-5-2-1-3-6(8)4-5/h3-5H,1-2H3,(H,12,13);1-4H. The van der Waals surface area contributed by atoms with E-state index in [-0.39, 0.29) is 5.82 Å². The maximum atomic E-state index is 12.1. The van der Waals surface area contributed by atoms with E-state index in [1.54, 1.807) is 12.1 Å². The molecule has 116 valence electrons. The topological polar surface area (TPSA) is 38.3 Å². The van der Waals surface area contributed by atoms with Gasteiger partial charge in [-0.15, -0.1) is 0 Å². The van der Waals surface area contributed by atoms with Crippen molar-refractivity contribution in [2.45, 2.75) is 19.4 Å². The van der Waals surface area contributed by atoms with E-state index in [9.17, 15) is 9.18 Å². The molecule has 1 N–H and O–H groups in total.